The Hall–Kier alpha value is -2.15. The Bertz CT molecular complexity index is 922. The summed E-state index contributed by atoms with van der Waals surface area (Å²) >= 11 is 1.79. The van der Waals surface area contributed by atoms with Gasteiger partial charge in [0.1, 0.15) is 11.3 Å². The first-order chi connectivity index (χ1) is 14.2. The zero-order valence-electron chi connectivity index (χ0n) is 17.5. The SMILES string of the molecule is C=CCC(COCC)N(CC)Sc1ccc(Cn2c(C)nc3cnccc32)cc1. The van der Waals surface area contributed by atoms with E-state index in [4.69, 9.17) is 4.74 Å². The fraction of sp³-hybridized carbons (Fsp3) is 0.391. The summed E-state index contributed by atoms with van der Waals surface area (Å²) < 4.78 is 10.3. The van der Waals surface area contributed by atoms with Crippen molar-refractivity contribution in [2.45, 2.75) is 44.7 Å². The van der Waals surface area contributed by atoms with Crippen LogP contribution in [0.2, 0.25) is 0 Å². The molecule has 0 radical (unpaired) electrons. The molecule has 2 aromatic heterocycles. The minimum absolute atomic E-state index is 0.329. The third kappa shape index (κ3) is 5.47. The van der Waals surface area contributed by atoms with Crippen LogP contribution >= 0.6 is 11.9 Å². The van der Waals surface area contributed by atoms with Crippen LogP contribution in [0, 0.1) is 6.92 Å². The van der Waals surface area contributed by atoms with E-state index in [0.717, 1.165) is 49.6 Å². The van der Waals surface area contributed by atoms with Crippen LogP contribution in [0.25, 0.3) is 11.0 Å². The van der Waals surface area contributed by atoms with Crippen molar-refractivity contribution in [2.24, 2.45) is 0 Å². The van der Waals surface area contributed by atoms with Gasteiger partial charge < -0.3 is 9.30 Å². The van der Waals surface area contributed by atoms with E-state index < -0.39 is 0 Å². The van der Waals surface area contributed by atoms with Crippen LogP contribution in [0.5, 0.6) is 0 Å². The number of nitrogens with zero attached hydrogens (tertiary/aromatic N) is 4. The summed E-state index contributed by atoms with van der Waals surface area (Å²) in [6.07, 6.45) is 6.53. The zero-order chi connectivity index (χ0) is 20.6. The lowest BCUT2D eigenvalue weighted by Gasteiger charge is -2.28. The molecule has 0 bridgehead atoms. The van der Waals surface area contributed by atoms with Crippen molar-refractivity contribution < 1.29 is 4.74 Å². The van der Waals surface area contributed by atoms with E-state index in [1.807, 2.05) is 38.4 Å². The summed E-state index contributed by atoms with van der Waals surface area (Å²) in [6.45, 7) is 13.4. The fourth-order valence-electron chi connectivity index (χ4n) is 3.39. The van der Waals surface area contributed by atoms with Crippen LogP contribution in [0.1, 0.15) is 31.7 Å². The second-order valence-corrected chi connectivity index (χ2v) is 8.04. The van der Waals surface area contributed by atoms with Gasteiger partial charge in [-0.05, 0) is 56.0 Å². The number of rotatable bonds is 11. The van der Waals surface area contributed by atoms with Gasteiger partial charge in [-0.3, -0.25) is 4.98 Å². The largest absolute Gasteiger partial charge is 0.380 e. The highest BCUT2D eigenvalue weighted by Gasteiger charge is 2.17. The maximum Gasteiger partial charge on any atom is 0.107 e. The average Bonchev–Trinajstić information content (AvgIpc) is 3.06. The van der Waals surface area contributed by atoms with Gasteiger partial charge in [-0.25, -0.2) is 9.29 Å². The molecule has 0 amide bonds. The molecule has 3 rings (SSSR count). The molecule has 6 heteroatoms. The fourth-order valence-corrected chi connectivity index (χ4v) is 4.34. The van der Waals surface area contributed by atoms with Crippen LogP contribution in [0.4, 0.5) is 0 Å². The number of fused-ring (bicyclic) bond motifs is 1. The minimum atomic E-state index is 0.329. The lowest BCUT2D eigenvalue weighted by molar-refractivity contribution is 0.103. The highest BCUT2D eigenvalue weighted by molar-refractivity contribution is 7.97. The molecule has 2 heterocycles. The third-order valence-corrected chi connectivity index (χ3v) is 6.17. The van der Waals surface area contributed by atoms with Gasteiger partial charge in [0.2, 0.25) is 0 Å². The normalized spacial score (nSPS) is 12.6. The topological polar surface area (TPSA) is 43.2 Å². The summed E-state index contributed by atoms with van der Waals surface area (Å²) in [5.41, 5.74) is 3.32. The average molecular weight is 411 g/mol. The summed E-state index contributed by atoms with van der Waals surface area (Å²) in [5, 5.41) is 0. The van der Waals surface area contributed by atoms with Gasteiger partial charge >= 0.3 is 0 Å². The minimum Gasteiger partial charge on any atom is -0.380 e. The van der Waals surface area contributed by atoms with E-state index in [1.54, 1.807) is 11.9 Å². The van der Waals surface area contributed by atoms with Crippen molar-refractivity contribution in [1.82, 2.24) is 18.8 Å². The molecule has 0 aliphatic carbocycles. The molecule has 5 nitrogen and oxygen atoms in total. The van der Waals surface area contributed by atoms with Crippen molar-refractivity contribution in [3.05, 3.63) is 66.8 Å². The number of aromatic nitrogens is 3. The van der Waals surface area contributed by atoms with Crippen LogP contribution in [0.3, 0.4) is 0 Å². The molecule has 154 valence electrons. The molecule has 0 N–H and O–H groups in total. The van der Waals surface area contributed by atoms with E-state index in [0.29, 0.717) is 6.04 Å². The van der Waals surface area contributed by atoms with Crippen LogP contribution < -0.4 is 0 Å². The van der Waals surface area contributed by atoms with Crippen LogP contribution in [-0.2, 0) is 11.3 Å². The molecule has 29 heavy (non-hydrogen) atoms. The van der Waals surface area contributed by atoms with Gasteiger partial charge in [-0.15, -0.1) is 6.58 Å². The van der Waals surface area contributed by atoms with Gasteiger partial charge in [0.25, 0.3) is 0 Å². The number of benzene rings is 1. The first-order valence-corrected chi connectivity index (χ1v) is 10.9. The number of hydrogen-bond acceptors (Lipinski definition) is 5. The summed E-state index contributed by atoms with van der Waals surface area (Å²) in [6, 6.07) is 11.2. The van der Waals surface area contributed by atoms with E-state index in [-0.39, 0.29) is 0 Å². The Morgan fingerprint density at radius 1 is 1.24 bits per heavy atom. The second kappa shape index (κ2) is 10.6. The molecule has 0 saturated heterocycles. The molecule has 0 saturated carbocycles. The highest BCUT2D eigenvalue weighted by atomic mass is 32.2. The molecule has 1 unspecified atom stereocenters. The Kier molecular flexibility index (Phi) is 7.86. The van der Waals surface area contributed by atoms with E-state index in [9.17, 15) is 0 Å². The number of pyridine rings is 1. The lowest BCUT2D eigenvalue weighted by Crippen LogP contribution is -2.33. The number of aryl methyl sites for hydroxylation is 1. The van der Waals surface area contributed by atoms with Crippen LogP contribution in [-0.4, -0.2) is 44.6 Å². The molecule has 0 fully saturated rings. The maximum atomic E-state index is 5.68. The zero-order valence-corrected chi connectivity index (χ0v) is 18.4. The molecule has 0 aliphatic heterocycles. The Morgan fingerprint density at radius 2 is 2.03 bits per heavy atom. The number of hydrogen-bond donors (Lipinski definition) is 0. The first kappa shape index (κ1) is 21.6. The van der Waals surface area contributed by atoms with E-state index in [2.05, 4.69) is 56.6 Å². The van der Waals surface area contributed by atoms with E-state index in [1.165, 1.54) is 10.5 Å². The second-order valence-electron chi connectivity index (χ2n) is 6.92. The molecule has 0 spiro atoms. The van der Waals surface area contributed by atoms with Crippen molar-refractivity contribution in [3.63, 3.8) is 0 Å². The van der Waals surface area contributed by atoms with Gasteiger partial charge in [0.05, 0.1) is 18.3 Å². The Balaban J connectivity index is 1.70. The molecule has 1 atom stereocenters. The lowest BCUT2D eigenvalue weighted by atomic mass is 10.2. The van der Waals surface area contributed by atoms with Gasteiger partial charge in [0, 0.05) is 36.8 Å². The van der Waals surface area contributed by atoms with Crippen molar-refractivity contribution in [3.8, 4) is 0 Å². The molecule has 1 aromatic carbocycles. The number of likely N-dealkylation sites (N-methyl/N-ethyl adjacent to an activating group) is 1. The predicted octanol–water partition coefficient (Wildman–Crippen LogP) is 5.10. The predicted molar refractivity (Wildman–Crippen MR) is 121 cm³/mol. The summed E-state index contributed by atoms with van der Waals surface area (Å²) in [7, 11) is 0. The maximum absolute atomic E-state index is 5.68. The molecular formula is C23H30N4OS. The van der Waals surface area contributed by atoms with Crippen molar-refractivity contribution in [2.75, 3.05) is 19.8 Å². The van der Waals surface area contributed by atoms with Crippen LogP contribution in [0.15, 0.2) is 60.3 Å². The van der Waals surface area contributed by atoms with Crippen molar-refractivity contribution >= 4 is 23.0 Å². The summed E-state index contributed by atoms with van der Waals surface area (Å²) in [4.78, 5) is 10.0. The molecule has 0 aliphatic rings. The number of ether oxygens (including phenoxy) is 1. The van der Waals surface area contributed by atoms with E-state index >= 15 is 0 Å². The molecule has 3 aromatic rings. The van der Waals surface area contributed by atoms with Crippen molar-refractivity contribution in [1.29, 1.82) is 0 Å². The smallest absolute Gasteiger partial charge is 0.107 e. The third-order valence-electron chi connectivity index (χ3n) is 4.90. The van der Waals surface area contributed by atoms with Gasteiger partial charge in [0.15, 0.2) is 0 Å². The van der Waals surface area contributed by atoms with Gasteiger partial charge in [-0.2, -0.15) is 0 Å². The molecular weight excluding hydrogens is 380 g/mol. The Labute approximate surface area is 177 Å². The standard InChI is InChI=1S/C23H30N4OS/c1-5-8-20(17-28-7-3)27(6-2)29-21-11-9-19(10-12-21)16-26-18(4)25-22-15-24-14-13-23(22)26/h5,9-15,20H,1,6-8,16-17H2,2-4H3. The quantitative estimate of drug-likeness (QED) is 0.325. The summed E-state index contributed by atoms with van der Waals surface area (Å²) in [5.74, 6) is 1.01. The number of imidazole rings is 1. The highest BCUT2D eigenvalue weighted by Crippen LogP contribution is 2.27. The van der Waals surface area contributed by atoms with Gasteiger partial charge in [-0.1, -0.05) is 25.1 Å². The first-order valence-electron chi connectivity index (χ1n) is 10.1. The Morgan fingerprint density at radius 3 is 2.72 bits per heavy atom. The monoisotopic (exact) mass is 410 g/mol.